The predicted molar refractivity (Wildman–Crippen MR) is 165 cm³/mol. The molecule has 1 aromatic heterocycles. The van der Waals surface area contributed by atoms with Crippen LogP contribution in [0.5, 0.6) is 5.75 Å². The molecule has 4 nitrogen and oxygen atoms in total. The lowest BCUT2D eigenvalue weighted by Crippen LogP contribution is -2.08. The lowest BCUT2D eigenvalue weighted by atomic mass is 10.0. The Hall–Kier alpha value is -2.53. The maximum absolute atomic E-state index is 12.7. The van der Waals surface area contributed by atoms with Crippen LogP contribution in [-0.2, 0) is 12.8 Å². The molecule has 0 atom stereocenters. The maximum Gasteiger partial charge on any atom is 0.343 e. The standard InChI is InChI=1S/C34H45BrN2O2/c1-3-5-7-9-10-11-13-14-16-27-25-36-33(37-26-27)29-20-22-31(23-21-29)39-34(38)30-19-18-28(32(35)24-30)17-15-12-8-6-4-2/h18-26H,3-17H2,1-2H3. The zero-order valence-electron chi connectivity index (χ0n) is 23.9. The molecule has 0 amide bonds. The third-order valence-corrected chi connectivity index (χ3v) is 7.92. The minimum atomic E-state index is -0.362. The number of benzene rings is 2. The second kappa shape index (κ2) is 17.9. The fourth-order valence-corrected chi connectivity index (χ4v) is 5.31. The van der Waals surface area contributed by atoms with E-state index in [0.29, 0.717) is 17.1 Å². The van der Waals surface area contributed by atoms with Gasteiger partial charge in [0, 0.05) is 22.4 Å². The van der Waals surface area contributed by atoms with Crippen LogP contribution in [-0.4, -0.2) is 15.9 Å². The van der Waals surface area contributed by atoms with Crippen molar-refractivity contribution >= 4 is 21.9 Å². The molecule has 0 saturated heterocycles. The van der Waals surface area contributed by atoms with E-state index in [0.717, 1.165) is 22.9 Å². The van der Waals surface area contributed by atoms with Crippen molar-refractivity contribution in [1.29, 1.82) is 0 Å². The summed E-state index contributed by atoms with van der Waals surface area (Å²) in [5.41, 5.74) is 3.86. The predicted octanol–water partition coefficient (Wildman–Crippen LogP) is 10.3. The van der Waals surface area contributed by atoms with Crippen LogP contribution in [0.1, 0.15) is 119 Å². The van der Waals surface area contributed by atoms with E-state index in [1.165, 1.54) is 94.6 Å². The number of ether oxygens (including phenoxy) is 1. The first-order valence-corrected chi connectivity index (χ1v) is 15.8. The first-order chi connectivity index (χ1) is 19.1. The molecular weight excluding hydrogens is 548 g/mol. The summed E-state index contributed by atoms with van der Waals surface area (Å²) in [5, 5.41) is 0. The normalized spacial score (nSPS) is 11.1. The maximum atomic E-state index is 12.7. The average molecular weight is 594 g/mol. The zero-order chi connectivity index (χ0) is 27.7. The van der Waals surface area contributed by atoms with E-state index in [-0.39, 0.29) is 5.97 Å². The monoisotopic (exact) mass is 592 g/mol. The summed E-state index contributed by atoms with van der Waals surface area (Å²) >= 11 is 3.63. The smallest absolute Gasteiger partial charge is 0.343 e. The van der Waals surface area contributed by atoms with Crippen molar-refractivity contribution < 1.29 is 9.53 Å². The van der Waals surface area contributed by atoms with Gasteiger partial charge in [0.15, 0.2) is 5.82 Å². The molecule has 0 saturated carbocycles. The minimum Gasteiger partial charge on any atom is -0.423 e. The summed E-state index contributed by atoms with van der Waals surface area (Å²) in [5.74, 6) is 0.826. The Morgan fingerprint density at radius 2 is 1.28 bits per heavy atom. The van der Waals surface area contributed by atoms with Crippen molar-refractivity contribution in [2.45, 2.75) is 110 Å². The van der Waals surface area contributed by atoms with Gasteiger partial charge in [0.05, 0.1) is 5.56 Å². The molecule has 0 aliphatic carbocycles. The lowest BCUT2D eigenvalue weighted by Gasteiger charge is -2.09. The van der Waals surface area contributed by atoms with E-state index in [1.807, 2.05) is 42.7 Å². The number of rotatable bonds is 18. The van der Waals surface area contributed by atoms with Gasteiger partial charge < -0.3 is 4.74 Å². The molecule has 0 fully saturated rings. The Labute approximate surface area is 244 Å². The number of hydrogen-bond donors (Lipinski definition) is 0. The van der Waals surface area contributed by atoms with Gasteiger partial charge in [-0.1, -0.05) is 106 Å². The molecule has 5 heteroatoms. The van der Waals surface area contributed by atoms with Crippen LogP contribution in [0, 0.1) is 0 Å². The molecule has 3 aromatic rings. The number of esters is 1. The second-order valence-electron chi connectivity index (χ2n) is 10.5. The average Bonchev–Trinajstić information content (AvgIpc) is 2.96. The number of nitrogens with zero attached hydrogens (tertiary/aromatic N) is 2. The van der Waals surface area contributed by atoms with Gasteiger partial charge in [-0.15, -0.1) is 0 Å². The van der Waals surface area contributed by atoms with Gasteiger partial charge in [0.25, 0.3) is 0 Å². The van der Waals surface area contributed by atoms with Gasteiger partial charge in [-0.25, -0.2) is 14.8 Å². The molecule has 0 aliphatic heterocycles. The number of aryl methyl sites for hydroxylation is 2. The topological polar surface area (TPSA) is 52.1 Å². The highest BCUT2D eigenvalue weighted by molar-refractivity contribution is 9.10. The van der Waals surface area contributed by atoms with Crippen LogP contribution < -0.4 is 4.74 Å². The number of unbranched alkanes of at least 4 members (excludes halogenated alkanes) is 11. The minimum absolute atomic E-state index is 0.362. The van der Waals surface area contributed by atoms with Crippen LogP contribution in [0.2, 0.25) is 0 Å². The van der Waals surface area contributed by atoms with Crippen molar-refractivity contribution in [3.05, 3.63) is 76.0 Å². The fourth-order valence-electron chi connectivity index (χ4n) is 4.73. The van der Waals surface area contributed by atoms with Crippen molar-refractivity contribution in [3.8, 4) is 17.1 Å². The van der Waals surface area contributed by atoms with E-state index in [2.05, 4.69) is 39.7 Å². The van der Waals surface area contributed by atoms with E-state index in [4.69, 9.17) is 4.74 Å². The molecule has 210 valence electrons. The molecule has 39 heavy (non-hydrogen) atoms. The third kappa shape index (κ3) is 11.2. The summed E-state index contributed by atoms with van der Waals surface area (Å²) in [6.45, 7) is 4.49. The Morgan fingerprint density at radius 1 is 0.718 bits per heavy atom. The number of halogens is 1. The summed E-state index contributed by atoms with van der Waals surface area (Å²) < 4.78 is 6.59. The molecule has 1 heterocycles. The van der Waals surface area contributed by atoms with Gasteiger partial charge >= 0.3 is 5.97 Å². The van der Waals surface area contributed by atoms with E-state index in [9.17, 15) is 4.79 Å². The van der Waals surface area contributed by atoms with Crippen LogP contribution in [0.15, 0.2) is 59.3 Å². The number of aromatic nitrogens is 2. The highest BCUT2D eigenvalue weighted by Crippen LogP contribution is 2.24. The Bertz CT molecular complexity index is 1110. The Balaban J connectivity index is 1.44. The molecule has 3 rings (SSSR count). The van der Waals surface area contributed by atoms with Crippen molar-refractivity contribution in [1.82, 2.24) is 9.97 Å². The molecule has 2 aromatic carbocycles. The van der Waals surface area contributed by atoms with E-state index >= 15 is 0 Å². The quantitative estimate of drug-likeness (QED) is 0.0837. The molecule has 0 bridgehead atoms. The van der Waals surface area contributed by atoms with Crippen LogP contribution in [0.25, 0.3) is 11.4 Å². The number of carbonyl (C=O) groups excluding carboxylic acids is 1. The van der Waals surface area contributed by atoms with Gasteiger partial charge in [0.1, 0.15) is 5.75 Å². The fraction of sp³-hybridized carbons (Fsp3) is 0.500. The van der Waals surface area contributed by atoms with E-state index < -0.39 is 0 Å². The SMILES string of the molecule is CCCCCCCCCCc1cnc(-c2ccc(OC(=O)c3ccc(CCCCCCC)c(Br)c3)cc2)nc1. The molecule has 0 radical (unpaired) electrons. The first-order valence-electron chi connectivity index (χ1n) is 15.0. The summed E-state index contributed by atoms with van der Waals surface area (Å²) in [6.07, 6.45) is 22.7. The third-order valence-electron chi connectivity index (χ3n) is 7.19. The lowest BCUT2D eigenvalue weighted by molar-refractivity contribution is 0.0734. The van der Waals surface area contributed by atoms with Crippen LogP contribution >= 0.6 is 15.9 Å². The Morgan fingerprint density at radius 3 is 1.87 bits per heavy atom. The Kier molecular flexibility index (Phi) is 14.3. The second-order valence-corrected chi connectivity index (χ2v) is 11.4. The molecular formula is C34H45BrN2O2. The molecule has 0 unspecified atom stereocenters. The summed E-state index contributed by atoms with van der Waals surface area (Å²) in [6, 6.07) is 13.1. The molecule has 0 N–H and O–H groups in total. The number of hydrogen-bond acceptors (Lipinski definition) is 4. The first kappa shape index (κ1) is 31.0. The molecule has 0 aliphatic rings. The van der Waals surface area contributed by atoms with Gasteiger partial charge in [-0.2, -0.15) is 0 Å². The van der Waals surface area contributed by atoms with Crippen molar-refractivity contribution in [3.63, 3.8) is 0 Å². The van der Waals surface area contributed by atoms with Crippen LogP contribution in [0.4, 0.5) is 0 Å². The van der Waals surface area contributed by atoms with Gasteiger partial charge in [-0.3, -0.25) is 0 Å². The number of carbonyl (C=O) groups is 1. The zero-order valence-corrected chi connectivity index (χ0v) is 25.5. The highest BCUT2D eigenvalue weighted by atomic mass is 79.9. The van der Waals surface area contributed by atoms with Gasteiger partial charge in [-0.05, 0) is 73.2 Å². The molecule has 0 spiro atoms. The summed E-state index contributed by atoms with van der Waals surface area (Å²) in [7, 11) is 0. The van der Waals surface area contributed by atoms with Crippen molar-refractivity contribution in [2.24, 2.45) is 0 Å². The largest absolute Gasteiger partial charge is 0.423 e. The summed E-state index contributed by atoms with van der Waals surface area (Å²) in [4.78, 5) is 21.9. The highest BCUT2D eigenvalue weighted by Gasteiger charge is 2.12. The van der Waals surface area contributed by atoms with Crippen LogP contribution in [0.3, 0.4) is 0 Å². The van der Waals surface area contributed by atoms with Gasteiger partial charge in [0.2, 0.25) is 0 Å². The van der Waals surface area contributed by atoms with E-state index in [1.54, 1.807) is 12.1 Å². The van der Waals surface area contributed by atoms with Crippen molar-refractivity contribution in [2.75, 3.05) is 0 Å².